The van der Waals surface area contributed by atoms with Crippen LogP contribution in [0.2, 0.25) is 0 Å². The van der Waals surface area contributed by atoms with Gasteiger partial charge < -0.3 is 5.32 Å². The van der Waals surface area contributed by atoms with E-state index in [1.807, 2.05) is 0 Å². The number of hydrogen-bond acceptors (Lipinski definition) is 7. The lowest BCUT2D eigenvalue weighted by Gasteiger charge is -2.29. The van der Waals surface area contributed by atoms with Crippen LogP contribution >= 0.6 is 22.7 Å². The zero-order chi connectivity index (χ0) is 19.6. The fourth-order valence-electron chi connectivity index (χ4n) is 3.90. The molecule has 0 bridgehead atoms. The van der Waals surface area contributed by atoms with Gasteiger partial charge in [0.25, 0.3) is 10.0 Å². The molecule has 1 aliphatic heterocycles. The molecule has 1 aliphatic carbocycles. The number of amides is 1. The molecule has 1 amide bonds. The molecule has 1 saturated carbocycles. The molecule has 3 heterocycles. The molecule has 2 aromatic rings. The molecular formula is C18H24N4O3S3. The number of nitrogens with one attached hydrogen (secondary N) is 1. The monoisotopic (exact) mass is 440 g/mol. The SMILES string of the molecule is O=C(Nc1nnc(C2CCCCC2)s1)C1CCN(S(=O)(=O)c2cccs2)CC1. The van der Waals surface area contributed by atoms with Crippen molar-refractivity contribution in [2.75, 3.05) is 18.4 Å². The van der Waals surface area contributed by atoms with Gasteiger partial charge >= 0.3 is 0 Å². The third-order valence-corrected chi connectivity index (χ3v) is 9.81. The maximum Gasteiger partial charge on any atom is 0.252 e. The largest absolute Gasteiger partial charge is 0.300 e. The van der Waals surface area contributed by atoms with E-state index in [-0.39, 0.29) is 11.8 Å². The Morgan fingerprint density at radius 2 is 1.86 bits per heavy atom. The second kappa shape index (κ2) is 8.56. The van der Waals surface area contributed by atoms with Gasteiger partial charge in [0.2, 0.25) is 11.0 Å². The summed E-state index contributed by atoms with van der Waals surface area (Å²) in [6.45, 7) is 0.726. The molecule has 0 spiro atoms. The van der Waals surface area contributed by atoms with Gasteiger partial charge in [0, 0.05) is 24.9 Å². The molecule has 0 radical (unpaired) electrons. The van der Waals surface area contributed by atoms with E-state index in [1.165, 1.54) is 46.2 Å². The van der Waals surface area contributed by atoms with Crippen LogP contribution in [0, 0.1) is 5.92 Å². The van der Waals surface area contributed by atoms with Crippen LogP contribution in [0.15, 0.2) is 21.7 Å². The van der Waals surface area contributed by atoms with Gasteiger partial charge in [0.05, 0.1) is 0 Å². The number of rotatable bonds is 5. The molecule has 0 atom stereocenters. The van der Waals surface area contributed by atoms with E-state index in [4.69, 9.17) is 0 Å². The molecule has 10 heteroatoms. The summed E-state index contributed by atoms with van der Waals surface area (Å²) in [5.41, 5.74) is 0. The standard InChI is InChI=1S/C18H24N4O3S3/c23-16(19-18-21-20-17(27-18)14-5-2-1-3-6-14)13-8-10-22(11-9-13)28(24,25)15-7-4-12-26-15/h4,7,12-14H,1-3,5-6,8-11H2,(H,19,21,23). The lowest BCUT2D eigenvalue weighted by molar-refractivity contribution is -0.120. The molecule has 0 aromatic carbocycles. The predicted octanol–water partition coefficient (Wildman–Crippen LogP) is 3.69. The van der Waals surface area contributed by atoms with Crippen molar-refractivity contribution in [3.8, 4) is 0 Å². The van der Waals surface area contributed by atoms with Crippen molar-refractivity contribution in [3.63, 3.8) is 0 Å². The van der Waals surface area contributed by atoms with E-state index in [0.29, 0.717) is 41.2 Å². The number of thiophene rings is 1. The van der Waals surface area contributed by atoms with E-state index >= 15 is 0 Å². The Hall–Kier alpha value is -1.36. The molecule has 0 unspecified atom stereocenters. The van der Waals surface area contributed by atoms with Gasteiger partial charge in [-0.3, -0.25) is 4.79 Å². The molecule has 28 heavy (non-hydrogen) atoms. The molecule has 2 aliphatic rings. The quantitative estimate of drug-likeness (QED) is 0.765. The number of sulfonamides is 1. The number of hydrogen-bond donors (Lipinski definition) is 1. The fourth-order valence-corrected chi connectivity index (χ4v) is 7.43. The van der Waals surface area contributed by atoms with Crippen molar-refractivity contribution < 1.29 is 13.2 Å². The molecular weight excluding hydrogens is 416 g/mol. The lowest BCUT2D eigenvalue weighted by atomic mass is 9.90. The number of anilines is 1. The van der Waals surface area contributed by atoms with Crippen molar-refractivity contribution in [2.24, 2.45) is 5.92 Å². The first-order valence-corrected chi connectivity index (χ1v) is 12.9. The summed E-state index contributed by atoms with van der Waals surface area (Å²) in [6.07, 6.45) is 7.10. The van der Waals surface area contributed by atoms with Gasteiger partial charge in [-0.25, -0.2) is 8.42 Å². The summed E-state index contributed by atoms with van der Waals surface area (Å²) in [4.78, 5) is 12.6. The summed E-state index contributed by atoms with van der Waals surface area (Å²) in [5.74, 6) is 0.193. The van der Waals surface area contributed by atoms with Gasteiger partial charge in [0.1, 0.15) is 9.22 Å². The first-order chi connectivity index (χ1) is 13.5. The molecule has 1 saturated heterocycles. The molecule has 1 N–H and O–H groups in total. The Labute approximate surface area is 173 Å². The van der Waals surface area contributed by atoms with E-state index in [9.17, 15) is 13.2 Å². The van der Waals surface area contributed by atoms with Gasteiger partial charge in [-0.05, 0) is 37.1 Å². The summed E-state index contributed by atoms with van der Waals surface area (Å²) >= 11 is 2.70. The van der Waals surface area contributed by atoms with Crippen LogP contribution in [0.5, 0.6) is 0 Å². The number of piperidine rings is 1. The third-order valence-electron chi connectivity index (χ3n) is 5.54. The van der Waals surface area contributed by atoms with E-state index in [0.717, 1.165) is 17.8 Å². The van der Waals surface area contributed by atoms with Gasteiger partial charge in [-0.15, -0.1) is 21.5 Å². The minimum atomic E-state index is -3.44. The Morgan fingerprint density at radius 1 is 1.11 bits per heavy atom. The van der Waals surface area contributed by atoms with Crippen LogP contribution in [0.1, 0.15) is 55.9 Å². The fraction of sp³-hybridized carbons (Fsp3) is 0.611. The normalized spacial score (nSPS) is 20.3. The number of carbonyl (C=O) groups excluding carboxylic acids is 1. The Balaban J connectivity index is 1.31. The highest BCUT2D eigenvalue weighted by molar-refractivity contribution is 7.91. The van der Waals surface area contributed by atoms with Crippen molar-refractivity contribution in [1.82, 2.24) is 14.5 Å². The second-order valence-electron chi connectivity index (χ2n) is 7.38. The molecule has 2 fully saturated rings. The topological polar surface area (TPSA) is 92.3 Å². The second-order valence-corrected chi connectivity index (χ2v) is 11.5. The highest BCUT2D eigenvalue weighted by Gasteiger charge is 2.33. The number of carbonyl (C=O) groups is 1. The molecule has 152 valence electrons. The number of nitrogens with zero attached hydrogens (tertiary/aromatic N) is 3. The average molecular weight is 441 g/mol. The summed E-state index contributed by atoms with van der Waals surface area (Å²) in [7, 11) is -3.44. The summed E-state index contributed by atoms with van der Waals surface area (Å²) in [5, 5.41) is 14.7. The smallest absolute Gasteiger partial charge is 0.252 e. The van der Waals surface area contributed by atoms with Gasteiger partial charge in [0.15, 0.2) is 0 Å². The van der Waals surface area contributed by atoms with E-state index < -0.39 is 10.0 Å². The predicted molar refractivity (Wildman–Crippen MR) is 110 cm³/mol. The zero-order valence-electron chi connectivity index (χ0n) is 15.5. The van der Waals surface area contributed by atoms with E-state index in [1.54, 1.807) is 17.5 Å². The Kier molecular flexibility index (Phi) is 6.10. The summed E-state index contributed by atoms with van der Waals surface area (Å²) in [6, 6.07) is 3.36. The van der Waals surface area contributed by atoms with Crippen LogP contribution in [-0.2, 0) is 14.8 Å². The van der Waals surface area contributed by atoms with Crippen LogP contribution in [-0.4, -0.2) is 41.9 Å². The maximum absolute atomic E-state index is 12.6. The van der Waals surface area contributed by atoms with Gasteiger partial charge in [-0.2, -0.15) is 4.31 Å². The first-order valence-electron chi connectivity index (χ1n) is 9.72. The van der Waals surface area contributed by atoms with Crippen molar-refractivity contribution in [1.29, 1.82) is 0 Å². The van der Waals surface area contributed by atoms with E-state index in [2.05, 4.69) is 15.5 Å². The number of aromatic nitrogens is 2. The summed E-state index contributed by atoms with van der Waals surface area (Å²) < 4.78 is 27.0. The van der Waals surface area contributed by atoms with Crippen LogP contribution in [0.3, 0.4) is 0 Å². The van der Waals surface area contributed by atoms with Gasteiger partial charge in [-0.1, -0.05) is 36.7 Å². The third kappa shape index (κ3) is 4.29. The maximum atomic E-state index is 12.6. The van der Waals surface area contributed by atoms with Crippen LogP contribution in [0.4, 0.5) is 5.13 Å². The average Bonchev–Trinajstić information content (AvgIpc) is 3.41. The first kappa shape index (κ1) is 19.9. The lowest BCUT2D eigenvalue weighted by Crippen LogP contribution is -2.41. The minimum Gasteiger partial charge on any atom is -0.300 e. The molecule has 2 aromatic heterocycles. The Bertz CT molecular complexity index is 896. The minimum absolute atomic E-state index is 0.0838. The zero-order valence-corrected chi connectivity index (χ0v) is 18.0. The highest BCUT2D eigenvalue weighted by atomic mass is 32.2. The Morgan fingerprint density at radius 3 is 2.54 bits per heavy atom. The van der Waals surface area contributed by atoms with Crippen molar-refractivity contribution >= 4 is 43.7 Å². The van der Waals surface area contributed by atoms with Crippen LogP contribution < -0.4 is 5.32 Å². The molecule has 4 rings (SSSR count). The van der Waals surface area contributed by atoms with Crippen molar-refractivity contribution in [2.45, 2.75) is 55.1 Å². The van der Waals surface area contributed by atoms with Crippen LogP contribution in [0.25, 0.3) is 0 Å². The van der Waals surface area contributed by atoms with Crippen molar-refractivity contribution in [3.05, 3.63) is 22.5 Å². The highest BCUT2D eigenvalue weighted by Crippen LogP contribution is 2.35. The molecule has 7 nitrogen and oxygen atoms in total.